The molecular weight excluding hydrogens is 336 g/mol. The molecule has 0 amide bonds. The maximum Gasteiger partial charge on any atom is 0.343 e. The Kier molecular flexibility index (Phi) is 4.12. The third-order valence-electron chi connectivity index (χ3n) is 3.60. The minimum Gasteiger partial charge on any atom is -0.507 e. The second-order valence-corrected chi connectivity index (χ2v) is 7.14. The van der Waals surface area contributed by atoms with E-state index in [1.165, 1.54) is 47.0 Å². The maximum absolute atomic E-state index is 12.3. The van der Waals surface area contributed by atoms with Crippen LogP contribution in [0.1, 0.15) is 10.4 Å². The van der Waals surface area contributed by atoms with Gasteiger partial charge in [-0.1, -0.05) is 6.07 Å². The zero-order chi connectivity index (χ0) is 17.3. The molecule has 0 aliphatic carbocycles. The van der Waals surface area contributed by atoms with Gasteiger partial charge in [0.15, 0.2) is 0 Å². The molecule has 0 saturated carbocycles. The molecule has 2 heterocycles. The smallest absolute Gasteiger partial charge is 0.343 e. The Morgan fingerprint density at radius 3 is 2.62 bits per heavy atom. The van der Waals surface area contributed by atoms with Crippen LogP contribution in [0.4, 0.5) is 0 Å². The van der Waals surface area contributed by atoms with E-state index in [1.54, 1.807) is 0 Å². The number of benzene rings is 1. The number of hydrogen-bond donors (Lipinski definition) is 2. The van der Waals surface area contributed by atoms with Gasteiger partial charge in [0, 0.05) is 12.4 Å². The summed E-state index contributed by atoms with van der Waals surface area (Å²) in [7, 11) is -3.64. The number of carboxylic acid groups (broad SMARTS) is 1. The van der Waals surface area contributed by atoms with Gasteiger partial charge in [-0.3, -0.25) is 4.98 Å². The van der Waals surface area contributed by atoms with Crippen LogP contribution in [0.3, 0.4) is 0 Å². The van der Waals surface area contributed by atoms with Crippen molar-refractivity contribution in [3.05, 3.63) is 48.3 Å². The van der Waals surface area contributed by atoms with Gasteiger partial charge in [0.05, 0.1) is 13.1 Å². The van der Waals surface area contributed by atoms with Crippen molar-refractivity contribution in [3.8, 4) is 11.5 Å². The van der Waals surface area contributed by atoms with Crippen LogP contribution in [-0.4, -0.2) is 53.1 Å². The van der Waals surface area contributed by atoms with Crippen LogP contribution in [-0.2, 0) is 10.0 Å². The van der Waals surface area contributed by atoms with Crippen LogP contribution in [0, 0.1) is 0 Å². The van der Waals surface area contributed by atoms with Gasteiger partial charge in [0.25, 0.3) is 0 Å². The number of nitrogens with zero attached hydrogens (tertiary/aromatic N) is 2. The van der Waals surface area contributed by atoms with Gasteiger partial charge in [-0.25, -0.2) is 13.2 Å². The highest BCUT2D eigenvalue weighted by atomic mass is 32.2. The van der Waals surface area contributed by atoms with E-state index in [1.807, 2.05) is 0 Å². The normalized spacial score (nSPS) is 15.7. The van der Waals surface area contributed by atoms with E-state index < -0.39 is 27.8 Å². The van der Waals surface area contributed by atoms with Crippen molar-refractivity contribution >= 4 is 16.0 Å². The van der Waals surface area contributed by atoms with Crippen molar-refractivity contribution in [3.63, 3.8) is 0 Å². The molecular formula is C15H14N2O6S. The van der Waals surface area contributed by atoms with Crippen LogP contribution in [0.15, 0.2) is 47.6 Å². The van der Waals surface area contributed by atoms with Crippen LogP contribution >= 0.6 is 0 Å². The molecule has 1 saturated heterocycles. The summed E-state index contributed by atoms with van der Waals surface area (Å²) in [5.74, 6) is -1.72. The summed E-state index contributed by atoms with van der Waals surface area (Å²) in [5, 5.41) is 18.7. The summed E-state index contributed by atoms with van der Waals surface area (Å²) in [4.78, 5) is 15.1. The van der Waals surface area contributed by atoms with Gasteiger partial charge in [0.2, 0.25) is 10.0 Å². The number of phenols is 1. The molecule has 2 N–H and O–H groups in total. The van der Waals surface area contributed by atoms with Crippen molar-refractivity contribution in [2.24, 2.45) is 0 Å². The number of aromatic nitrogens is 1. The first-order valence-electron chi connectivity index (χ1n) is 7.01. The average molecular weight is 350 g/mol. The fraction of sp³-hybridized carbons (Fsp3) is 0.200. The highest BCUT2D eigenvalue weighted by molar-refractivity contribution is 7.89. The fourth-order valence-electron chi connectivity index (χ4n) is 2.33. The van der Waals surface area contributed by atoms with E-state index in [0.717, 1.165) is 0 Å². The lowest BCUT2D eigenvalue weighted by Crippen LogP contribution is -2.56. The summed E-state index contributed by atoms with van der Waals surface area (Å²) in [5.41, 5.74) is -0.342. The summed E-state index contributed by atoms with van der Waals surface area (Å²) >= 11 is 0. The predicted molar refractivity (Wildman–Crippen MR) is 82.5 cm³/mol. The van der Waals surface area contributed by atoms with E-state index in [9.17, 15) is 18.3 Å². The SMILES string of the molecule is O=C(O)c1c(O)cccc1OC1CN(S(=O)(=O)c2cccnc2)C1. The molecule has 1 fully saturated rings. The Hall–Kier alpha value is -2.65. The van der Waals surface area contributed by atoms with Gasteiger partial charge in [-0.2, -0.15) is 4.31 Å². The van der Waals surface area contributed by atoms with Crippen molar-refractivity contribution < 1.29 is 28.2 Å². The highest BCUT2D eigenvalue weighted by Crippen LogP contribution is 2.30. The number of carbonyl (C=O) groups is 1. The molecule has 24 heavy (non-hydrogen) atoms. The molecule has 1 aliphatic rings. The number of rotatable bonds is 5. The summed E-state index contributed by atoms with van der Waals surface area (Å²) in [6.45, 7) is 0.178. The number of hydrogen-bond acceptors (Lipinski definition) is 6. The molecule has 8 nitrogen and oxygen atoms in total. The molecule has 3 rings (SSSR count). The van der Waals surface area contributed by atoms with Crippen LogP contribution in [0.2, 0.25) is 0 Å². The third-order valence-corrected chi connectivity index (χ3v) is 5.41. The minimum atomic E-state index is -3.64. The van der Waals surface area contributed by atoms with Crippen LogP contribution in [0.5, 0.6) is 11.5 Å². The van der Waals surface area contributed by atoms with E-state index >= 15 is 0 Å². The quantitative estimate of drug-likeness (QED) is 0.824. The molecule has 1 aromatic heterocycles. The maximum atomic E-state index is 12.3. The highest BCUT2D eigenvalue weighted by Gasteiger charge is 2.38. The zero-order valence-electron chi connectivity index (χ0n) is 12.4. The average Bonchev–Trinajstić information content (AvgIpc) is 2.50. The van der Waals surface area contributed by atoms with Gasteiger partial charge in [-0.15, -0.1) is 0 Å². The summed E-state index contributed by atoms with van der Waals surface area (Å²) in [6, 6.07) is 7.11. The number of sulfonamides is 1. The minimum absolute atomic E-state index is 0.00549. The van der Waals surface area contributed by atoms with E-state index in [4.69, 9.17) is 9.84 Å². The van der Waals surface area contributed by atoms with E-state index in [-0.39, 0.29) is 29.3 Å². The molecule has 0 unspecified atom stereocenters. The number of carboxylic acids is 1. The predicted octanol–water partition coefficient (Wildman–Crippen LogP) is 0.937. The molecule has 126 valence electrons. The second-order valence-electron chi connectivity index (χ2n) is 5.21. The first kappa shape index (κ1) is 16.2. The number of aromatic hydroxyl groups is 1. The largest absolute Gasteiger partial charge is 0.507 e. The van der Waals surface area contributed by atoms with Crippen molar-refractivity contribution in [1.82, 2.24) is 9.29 Å². The first-order valence-corrected chi connectivity index (χ1v) is 8.45. The lowest BCUT2D eigenvalue weighted by atomic mass is 10.1. The van der Waals surface area contributed by atoms with Gasteiger partial charge in [-0.05, 0) is 24.3 Å². The molecule has 1 aromatic carbocycles. The Bertz CT molecular complexity index is 863. The fourth-order valence-corrected chi connectivity index (χ4v) is 3.80. The topological polar surface area (TPSA) is 117 Å². The molecule has 0 spiro atoms. The van der Waals surface area contributed by atoms with Gasteiger partial charge >= 0.3 is 5.97 Å². The van der Waals surface area contributed by atoms with Crippen LogP contribution < -0.4 is 4.74 Å². The number of ether oxygens (including phenoxy) is 1. The lowest BCUT2D eigenvalue weighted by Gasteiger charge is -2.37. The standard InChI is InChI=1S/C15H14N2O6S/c18-12-4-1-5-13(14(12)15(19)20)23-10-8-17(9-10)24(21,22)11-3-2-6-16-7-11/h1-7,10,18H,8-9H2,(H,19,20). The first-order chi connectivity index (χ1) is 11.4. The summed E-state index contributed by atoms with van der Waals surface area (Å²) in [6.07, 6.45) is 2.26. The zero-order valence-corrected chi connectivity index (χ0v) is 13.2. The Morgan fingerprint density at radius 1 is 1.25 bits per heavy atom. The third kappa shape index (κ3) is 2.91. The van der Waals surface area contributed by atoms with Gasteiger partial charge < -0.3 is 14.9 Å². The van der Waals surface area contributed by atoms with Crippen molar-refractivity contribution in [2.45, 2.75) is 11.0 Å². The lowest BCUT2D eigenvalue weighted by molar-refractivity contribution is 0.0631. The number of pyridine rings is 1. The summed E-state index contributed by atoms with van der Waals surface area (Å²) < 4.78 is 31.4. The molecule has 1 aliphatic heterocycles. The number of aromatic carboxylic acids is 1. The second kappa shape index (κ2) is 6.10. The molecule has 0 bridgehead atoms. The van der Waals surface area contributed by atoms with E-state index in [2.05, 4.69) is 4.98 Å². The Morgan fingerprint density at radius 2 is 2.00 bits per heavy atom. The van der Waals surface area contributed by atoms with Crippen LogP contribution in [0.25, 0.3) is 0 Å². The Balaban J connectivity index is 1.71. The van der Waals surface area contributed by atoms with Gasteiger partial charge in [0.1, 0.15) is 28.1 Å². The van der Waals surface area contributed by atoms with Crippen molar-refractivity contribution in [1.29, 1.82) is 0 Å². The van der Waals surface area contributed by atoms with E-state index in [0.29, 0.717) is 0 Å². The molecule has 9 heteroatoms. The monoisotopic (exact) mass is 350 g/mol. The Labute approximate surface area is 138 Å². The molecule has 0 radical (unpaired) electrons. The molecule has 0 atom stereocenters. The molecule has 2 aromatic rings. The van der Waals surface area contributed by atoms with Crippen molar-refractivity contribution in [2.75, 3.05) is 13.1 Å².